The Hall–Kier alpha value is -2.63. The zero-order valence-corrected chi connectivity index (χ0v) is 16.2. The second kappa shape index (κ2) is 9.90. The summed E-state index contributed by atoms with van der Waals surface area (Å²) in [4.78, 5) is 36.2. The second-order valence-corrected chi connectivity index (χ2v) is 6.77. The number of hydrogen-bond donors (Lipinski definition) is 1. The Bertz CT molecular complexity index is 855. The molecular weight excluding hydrogens is 346 g/mol. The molecule has 6 nitrogen and oxygen atoms in total. The molecule has 2 aromatic rings. The van der Waals surface area contributed by atoms with Gasteiger partial charge in [0.25, 0.3) is 5.91 Å². The van der Waals surface area contributed by atoms with E-state index in [1.54, 1.807) is 18.2 Å². The molecule has 146 valence electrons. The molecule has 0 saturated carbocycles. The lowest BCUT2D eigenvalue weighted by Crippen LogP contribution is -2.33. The Morgan fingerprint density at radius 2 is 2.00 bits per heavy atom. The molecule has 1 aromatic carbocycles. The number of carbonyl (C=O) groups excluding carboxylic acids is 2. The SMILES string of the molecule is CCCC[C@H](CC)CNC(=O)COC(=O)c1cc(=O)c2cc(C)ccc2o1. The van der Waals surface area contributed by atoms with Gasteiger partial charge in [0.2, 0.25) is 5.76 Å². The number of benzene rings is 1. The minimum atomic E-state index is -0.831. The van der Waals surface area contributed by atoms with Gasteiger partial charge in [-0.15, -0.1) is 0 Å². The lowest BCUT2D eigenvalue weighted by Gasteiger charge is -2.15. The first-order chi connectivity index (χ1) is 12.9. The Balaban J connectivity index is 1.91. The van der Waals surface area contributed by atoms with Crippen molar-refractivity contribution < 1.29 is 18.7 Å². The van der Waals surface area contributed by atoms with Gasteiger partial charge in [0.05, 0.1) is 5.39 Å². The van der Waals surface area contributed by atoms with Gasteiger partial charge in [0, 0.05) is 12.6 Å². The van der Waals surface area contributed by atoms with Gasteiger partial charge in [-0.2, -0.15) is 0 Å². The summed E-state index contributed by atoms with van der Waals surface area (Å²) in [5, 5.41) is 3.19. The molecule has 1 N–H and O–H groups in total. The van der Waals surface area contributed by atoms with E-state index < -0.39 is 12.6 Å². The van der Waals surface area contributed by atoms with E-state index in [1.165, 1.54) is 0 Å². The third-order valence-corrected chi connectivity index (χ3v) is 4.55. The number of amides is 1. The quantitative estimate of drug-likeness (QED) is 0.679. The van der Waals surface area contributed by atoms with Crippen molar-refractivity contribution in [2.24, 2.45) is 5.92 Å². The maximum absolute atomic E-state index is 12.1. The maximum atomic E-state index is 12.1. The van der Waals surface area contributed by atoms with Crippen LogP contribution >= 0.6 is 0 Å². The molecule has 0 bridgehead atoms. The number of hydrogen-bond acceptors (Lipinski definition) is 5. The summed E-state index contributed by atoms with van der Waals surface area (Å²) >= 11 is 0. The lowest BCUT2D eigenvalue weighted by molar-refractivity contribution is -0.124. The summed E-state index contributed by atoms with van der Waals surface area (Å²) in [6, 6.07) is 6.22. The summed E-state index contributed by atoms with van der Waals surface area (Å²) in [6.45, 7) is 6.26. The molecule has 0 spiro atoms. The normalized spacial score (nSPS) is 12.0. The molecule has 1 atom stereocenters. The van der Waals surface area contributed by atoms with Crippen LogP contribution in [0.4, 0.5) is 0 Å². The fourth-order valence-electron chi connectivity index (χ4n) is 2.83. The van der Waals surface area contributed by atoms with E-state index in [2.05, 4.69) is 19.2 Å². The topological polar surface area (TPSA) is 85.6 Å². The average molecular weight is 373 g/mol. The predicted octanol–water partition coefficient (Wildman–Crippen LogP) is 3.59. The standard InChI is InChI=1S/C21H27NO5/c1-4-6-7-15(5-2)12-22-20(24)13-26-21(25)19-11-17(23)16-10-14(3)8-9-18(16)27-19/h8-11,15H,4-7,12-13H2,1-3H3,(H,22,24)/t15-/m0/s1. The van der Waals surface area contributed by atoms with Gasteiger partial charge < -0.3 is 14.5 Å². The minimum absolute atomic E-state index is 0.210. The van der Waals surface area contributed by atoms with Gasteiger partial charge in [0.1, 0.15) is 5.58 Å². The number of rotatable bonds is 9. The van der Waals surface area contributed by atoms with E-state index in [-0.39, 0.29) is 17.1 Å². The van der Waals surface area contributed by atoms with E-state index in [0.717, 1.165) is 37.3 Å². The van der Waals surface area contributed by atoms with Crippen molar-refractivity contribution in [3.8, 4) is 0 Å². The average Bonchev–Trinajstić information content (AvgIpc) is 2.66. The van der Waals surface area contributed by atoms with Crippen LogP contribution in [0.1, 0.15) is 55.6 Å². The number of esters is 1. The Morgan fingerprint density at radius 1 is 1.22 bits per heavy atom. The van der Waals surface area contributed by atoms with Crippen molar-refractivity contribution in [1.82, 2.24) is 5.32 Å². The largest absolute Gasteiger partial charge is 0.450 e. The first kappa shape index (κ1) is 20.7. The Kier molecular flexibility index (Phi) is 7.58. The van der Waals surface area contributed by atoms with Crippen LogP contribution in [-0.4, -0.2) is 25.0 Å². The third-order valence-electron chi connectivity index (χ3n) is 4.55. The summed E-state index contributed by atoms with van der Waals surface area (Å²) < 4.78 is 10.4. The number of aryl methyl sites for hydroxylation is 1. The van der Waals surface area contributed by atoms with Crippen LogP contribution in [0.5, 0.6) is 0 Å². The summed E-state index contributed by atoms with van der Waals surface area (Å²) in [5.74, 6) is -0.982. The molecule has 1 aromatic heterocycles. The van der Waals surface area contributed by atoms with Crippen molar-refractivity contribution >= 4 is 22.8 Å². The number of carbonyl (C=O) groups is 2. The fourth-order valence-corrected chi connectivity index (χ4v) is 2.83. The van der Waals surface area contributed by atoms with Crippen LogP contribution in [0, 0.1) is 12.8 Å². The van der Waals surface area contributed by atoms with E-state index in [4.69, 9.17) is 9.15 Å². The van der Waals surface area contributed by atoms with E-state index >= 15 is 0 Å². The molecule has 0 radical (unpaired) electrons. The van der Waals surface area contributed by atoms with Crippen molar-refractivity contribution in [2.45, 2.75) is 46.5 Å². The van der Waals surface area contributed by atoms with Crippen LogP contribution in [0.2, 0.25) is 0 Å². The van der Waals surface area contributed by atoms with E-state index in [0.29, 0.717) is 23.4 Å². The molecule has 0 saturated heterocycles. The molecule has 6 heteroatoms. The smallest absolute Gasteiger partial charge is 0.374 e. The number of unbranched alkanes of at least 4 members (excludes halogenated alkanes) is 1. The van der Waals surface area contributed by atoms with Gasteiger partial charge in [-0.05, 0) is 31.4 Å². The first-order valence-corrected chi connectivity index (χ1v) is 9.42. The lowest BCUT2D eigenvalue weighted by atomic mass is 9.99. The monoisotopic (exact) mass is 373 g/mol. The van der Waals surface area contributed by atoms with Crippen molar-refractivity contribution in [3.63, 3.8) is 0 Å². The van der Waals surface area contributed by atoms with Crippen LogP contribution in [-0.2, 0) is 9.53 Å². The van der Waals surface area contributed by atoms with Crippen molar-refractivity contribution in [3.05, 3.63) is 45.8 Å². The van der Waals surface area contributed by atoms with E-state index in [1.807, 2.05) is 6.92 Å². The molecule has 27 heavy (non-hydrogen) atoms. The Morgan fingerprint density at radius 3 is 2.70 bits per heavy atom. The van der Waals surface area contributed by atoms with Gasteiger partial charge in [-0.25, -0.2) is 4.79 Å². The molecule has 0 fully saturated rings. The highest BCUT2D eigenvalue weighted by Gasteiger charge is 2.16. The van der Waals surface area contributed by atoms with Gasteiger partial charge in [-0.3, -0.25) is 9.59 Å². The summed E-state index contributed by atoms with van der Waals surface area (Å²) in [6.07, 6.45) is 4.30. The zero-order chi connectivity index (χ0) is 19.8. The molecular formula is C21H27NO5. The maximum Gasteiger partial charge on any atom is 0.374 e. The Labute approximate surface area is 158 Å². The highest BCUT2D eigenvalue weighted by atomic mass is 16.5. The number of fused-ring (bicyclic) bond motifs is 1. The molecule has 0 aliphatic heterocycles. The van der Waals surface area contributed by atoms with E-state index in [9.17, 15) is 14.4 Å². The molecule has 0 unspecified atom stereocenters. The molecule has 0 aliphatic carbocycles. The van der Waals surface area contributed by atoms with Crippen LogP contribution in [0.25, 0.3) is 11.0 Å². The summed E-state index contributed by atoms with van der Waals surface area (Å²) in [7, 11) is 0. The number of ether oxygens (including phenoxy) is 1. The summed E-state index contributed by atoms with van der Waals surface area (Å²) in [5.41, 5.74) is 0.912. The van der Waals surface area contributed by atoms with Gasteiger partial charge in [0.15, 0.2) is 12.0 Å². The highest BCUT2D eigenvalue weighted by Crippen LogP contribution is 2.15. The van der Waals surface area contributed by atoms with Crippen LogP contribution < -0.4 is 10.7 Å². The fraction of sp³-hybridized carbons (Fsp3) is 0.476. The molecule has 1 amide bonds. The van der Waals surface area contributed by atoms with Crippen LogP contribution in [0.3, 0.4) is 0 Å². The highest BCUT2D eigenvalue weighted by molar-refractivity contribution is 5.90. The molecule has 2 rings (SSSR count). The molecule has 1 heterocycles. The second-order valence-electron chi connectivity index (χ2n) is 6.77. The van der Waals surface area contributed by atoms with Gasteiger partial charge >= 0.3 is 5.97 Å². The molecule has 0 aliphatic rings. The van der Waals surface area contributed by atoms with Crippen molar-refractivity contribution in [2.75, 3.05) is 13.2 Å². The zero-order valence-electron chi connectivity index (χ0n) is 16.2. The van der Waals surface area contributed by atoms with Gasteiger partial charge in [-0.1, -0.05) is 44.7 Å². The van der Waals surface area contributed by atoms with Crippen LogP contribution in [0.15, 0.2) is 33.5 Å². The van der Waals surface area contributed by atoms with Crippen molar-refractivity contribution in [1.29, 1.82) is 0 Å². The minimum Gasteiger partial charge on any atom is -0.450 e. The number of nitrogens with one attached hydrogen (secondary N) is 1. The third kappa shape index (κ3) is 5.94. The predicted molar refractivity (Wildman–Crippen MR) is 104 cm³/mol. The first-order valence-electron chi connectivity index (χ1n) is 9.42.